The normalized spacial score (nSPS) is 32.7. The Morgan fingerprint density at radius 3 is 2.80 bits per heavy atom. The quantitative estimate of drug-likeness (QED) is 0.896. The summed E-state index contributed by atoms with van der Waals surface area (Å²) in [5, 5.41) is 3.17. The Balaban J connectivity index is 1.56. The van der Waals surface area contributed by atoms with Gasteiger partial charge in [0.2, 0.25) is 5.91 Å². The summed E-state index contributed by atoms with van der Waals surface area (Å²) in [6, 6.07) is 7.14. The molecule has 2 aliphatic rings. The van der Waals surface area contributed by atoms with E-state index in [1.807, 2.05) is 6.07 Å². The van der Waals surface area contributed by atoms with Crippen molar-refractivity contribution in [2.24, 2.45) is 11.8 Å². The monoisotopic (exact) mass is 275 g/mol. The average molecular weight is 275 g/mol. The minimum absolute atomic E-state index is 0.0240. The number of carbonyl (C=O) groups excluding carboxylic acids is 1. The molecule has 3 heteroatoms. The Morgan fingerprint density at radius 2 is 2.05 bits per heavy atom. The summed E-state index contributed by atoms with van der Waals surface area (Å²) in [6.07, 6.45) is 5.44. The molecule has 2 saturated carbocycles. The molecule has 108 valence electrons. The summed E-state index contributed by atoms with van der Waals surface area (Å²) in [7, 11) is 0. The van der Waals surface area contributed by atoms with E-state index in [0.717, 1.165) is 19.3 Å². The van der Waals surface area contributed by atoms with Gasteiger partial charge in [0.1, 0.15) is 5.82 Å². The Hall–Kier alpha value is -1.38. The van der Waals surface area contributed by atoms with E-state index in [1.54, 1.807) is 12.1 Å². The fraction of sp³-hybridized carbons (Fsp3) is 0.588. The van der Waals surface area contributed by atoms with Gasteiger partial charge in [-0.1, -0.05) is 38.0 Å². The molecular formula is C17H22FNO. The lowest BCUT2D eigenvalue weighted by atomic mass is 9.87. The Morgan fingerprint density at radius 1 is 1.25 bits per heavy atom. The molecule has 1 amide bonds. The van der Waals surface area contributed by atoms with Crippen LogP contribution in [0.1, 0.15) is 50.5 Å². The lowest BCUT2D eigenvalue weighted by Gasteiger charge is -2.27. The van der Waals surface area contributed by atoms with Crippen LogP contribution in [0, 0.1) is 17.7 Å². The van der Waals surface area contributed by atoms with Crippen LogP contribution in [0.2, 0.25) is 0 Å². The standard InChI is InChI=1S/C17H22FNO/c1-11-5-4-6-12(9-11)19-17(20)15-10-14(15)13-7-2-3-8-16(13)18/h2-3,7-8,11-12,14-15H,4-6,9-10H2,1H3,(H,19,20). The van der Waals surface area contributed by atoms with Crippen molar-refractivity contribution in [1.82, 2.24) is 5.32 Å². The highest BCUT2D eigenvalue weighted by atomic mass is 19.1. The van der Waals surface area contributed by atoms with E-state index in [9.17, 15) is 9.18 Å². The zero-order chi connectivity index (χ0) is 14.1. The van der Waals surface area contributed by atoms with Gasteiger partial charge >= 0.3 is 0 Å². The molecule has 0 saturated heterocycles. The summed E-state index contributed by atoms with van der Waals surface area (Å²) >= 11 is 0. The number of nitrogens with one attached hydrogen (secondary N) is 1. The van der Waals surface area contributed by atoms with Gasteiger partial charge in [-0.05, 0) is 42.7 Å². The van der Waals surface area contributed by atoms with Gasteiger partial charge in [0.25, 0.3) is 0 Å². The molecule has 0 spiro atoms. The predicted octanol–water partition coefficient (Wildman–Crippen LogP) is 3.62. The van der Waals surface area contributed by atoms with Crippen molar-refractivity contribution in [2.75, 3.05) is 0 Å². The molecule has 1 aromatic carbocycles. The number of benzene rings is 1. The molecule has 0 aliphatic heterocycles. The minimum atomic E-state index is -0.181. The first kappa shape index (κ1) is 13.6. The second kappa shape index (κ2) is 5.55. The maximum atomic E-state index is 13.7. The van der Waals surface area contributed by atoms with Gasteiger partial charge < -0.3 is 5.32 Å². The van der Waals surface area contributed by atoms with Crippen LogP contribution in [-0.2, 0) is 4.79 Å². The molecule has 1 N–H and O–H groups in total. The zero-order valence-electron chi connectivity index (χ0n) is 11.9. The molecule has 1 aromatic rings. The summed E-state index contributed by atoms with van der Waals surface area (Å²) in [6.45, 7) is 2.25. The van der Waals surface area contributed by atoms with E-state index < -0.39 is 0 Å². The molecule has 2 aliphatic carbocycles. The summed E-state index contributed by atoms with van der Waals surface area (Å²) in [5.41, 5.74) is 0.699. The molecule has 0 radical (unpaired) electrons. The minimum Gasteiger partial charge on any atom is -0.353 e. The molecule has 2 fully saturated rings. The van der Waals surface area contributed by atoms with Crippen molar-refractivity contribution in [3.8, 4) is 0 Å². The van der Waals surface area contributed by atoms with Crippen molar-refractivity contribution < 1.29 is 9.18 Å². The van der Waals surface area contributed by atoms with Crippen LogP contribution in [0.15, 0.2) is 24.3 Å². The van der Waals surface area contributed by atoms with Gasteiger partial charge in [-0.25, -0.2) is 4.39 Å². The van der Waals surface area contributed by atoms with Crippen molar-refractivity contribution in [2.45, 2.75) is 51.0 Å². The van der Waals surface area contributed by atoms with Crippen LogP contribution < -0.4 is 5.32 Å². The van der Waals surface area contributed by atoms with Crippen molar-refractivity contribution in [3.05, 3.63) is 35.6 Å². The number of hydrogen-bond donors (Lipinski definition) is 1. The first-order chi connectivity index (χ1) is 9.65. The van der Waals surface area contributed by atoms with E-state index in [1.165, 1.54) is 18.9 Å². The van der Waals surface area contributed by atoms with E-state index in [2.05, 4.69) is 12.2 Å². The molecule has 20 heavy (non-hydrogen) atoms. The second-order valence-corrected chi connectivity index (χ2v) is 6.45. The molecule has 4 atom stereocenters. The number of rotatable bonds is 3. The summed E-state index contributed by atoms with van der Waals surface area (Å²) in [5.74, 6) is 0.702. The average Bonchev–Trinajstić information content (AvgIpc) is 3.19. The lowest BCUT2D eigenvalue weighted by Crippen LogP contribution is -2.39. The first-order valence-corrected chi connectivity index (χ1v) is 7.70. The van der Waals surface area contributed by atoms with Crippen LogP contribution in [0.3, 0.4) is 0 Å². The molecule has 3 rings (SSSR count). The molecule has 0 heterocycles. The number of hydrogen-bond acceptors (Lipinski definition) is 1. The van der Waals surface area contributed by atoms with Crippen LogP contribution in [-0.4, -0.2) is 11.9 Å². The van der Waals surface area contributed by atoms with E-state index >= 15 is 0 Å². The van der Waals surface area contributed by atoms with Gasteiger partial charge in [-0.15, -0.1) is 0 Å². The maximum absolute atomic E-state index is 13.7. The van der Waals surface area contributed by atoms with Gasteiger partial charge in [-0.3, -0.25) is 4.79 Å². The second-order valence-electron chi connectivity index (χ2n) is 6.45. The van der Waals surface area contributed by atoms with E-state index in [-0.39, 0.29) is 23.6 Å². The topological polar surface area (TPSA) is 29.1 Å². The Kier molecular flexibility index (Phi) is 3.77. The van der Waals surface area contributed by atoms with Crippen molar-refractivity contribution in [1.29, 1.82) is 0 Å². The first-order valence-electron chi connectivity index (χ1n) is 7.70. The Bertz CT molecular complexity index is 502. The molecule has 0 aromatic heterocycles. The van der Waals surface area contributed by atoms with Crippen LogP contribution in [0.25, 0.3) is 0 Å². The lowest BCUT2D eigenvalue weighted by molar-refractivity contribution is -0.123. The van der Waals surface area contributed by atoms with E-state index in [0.29, 0.717) is 17.5 Å². The largest absolute Gasteiger partial charge is 0.353 e. The number of amides is 1. The van der Waals surface area contributed by atoms with Crippen LogP contribution in [0.4, 0.5) is 4.39 Å². The fourth-order valence-electron chi connectivity index (χ4n) is 3.48. The van der Waals surface area contributed by atoms with Gasteiger partial charge in [0, 0.05) is 12.0 Å². The third-order valence-corrected chi connectivity index (χ3v) is 4.71. The van der Waals surface area contributed by atoms with E-state index in [4.69, 9.17) is 0 Å². The Labute approximate surface area is 119 Å². The third kappa shape index (κ3) is 2.87. The van der Waals surface area contributed by atoms with Crippen LogP contribution in [0.5, 0.6) is 0 Å². The van der Waals surface area contributed by atoms with Gasteiger partial charge in [0.05, 0.1) is 0 Å². The number of carbonyl (C=O) groups is 1. The highest BCUT2D eigenvalue weighted by molar-refractivity contribution is 5.83. The SMILES string of the molecule is CC1CCCC(NC(=O)C2CC2c2ccccc2F)C1. The van der Waals surface area contributed by atoms with Crippen LogP contribution >= 0.6 is 0 Å². The summed E-state index contributed by atoms with van der Waals surface area (Å²) < 4.78 is 13.7. The fourth-order valence-corrected chi connectivity index (χ4v) is 3.48. The highest BCUT2D eigenvalue weighted by Gasteiger charge is 2.45. The molecule has 4 unspecified atom stereocenters. The smallest absolute Gasteiger partial charge is 0.223 e. The molecule has 2 nitrogen and oxygen atoms in total. The van der Waals surface area contributed by atoms with Gasteiger partial charge in [0.15, 0.2) is 0 Å². The molecular weight excluding hydrogens is 253 g/mol. The zero-order valence-corrected chi connectivity index (χ0v) is 11.9. The van der Waals surface area contributed by atoms with Crippen molar-refractivity contribution in [3.63, 3.8) is 0 Å². The number of halogens is 1. The third-order valence-electron chi connectivity index (χ3n) is 4.71. The van der Waals surface area contributed by atoms with Gasteiger partial charge in [-0.2, -0.15) is 0 Å². The maximum Gasteiger partial charge on any atom is 0.223 e. The van der Waals surface area contributed by atoms with Crippen molar-refractivity contribution >= 4 is 5.91 Å². The predicted molar refractivity (Wildman–Crippen MR) is 76.8 cm³/mol. The highest BCUT2D eigenvalue weighted by Crippen LogP contribution is 2.48. The molecule has 0 bridgehead atoms. The summed E-state index contributed by atoms with van der Waals surface area (Å²) in [4.78, 5) is 12.2.